The number of fused-ring (bicyclic) bond motifs is 1. The number of hydrogen-bond donors (Lipinski definition) is 1. The smallest absolute Gasteiger partial charge is 0.122 e. The first-order valence-electron chi connectivity index (χ1n) is 7.35. The molecule has 3 rings (SSSR count). The Morgan fingerprint density at radius 3 is 2.81 bits per heavy atom. The average molecular weight is 333 g/mol. The summed E-state index contributed by atoms with van der Waals surface area (Å²) in [5.74, 6) is 1.83. The third kappa shape index (κ3) is 3.84. The lowest BCUT2D eigenvalue weighted by Crippen LogP contribution is -2.53. The number of ether oxygens (including phenoxy) is 1. The van der Waals surface area contributed by atoms with Crippen molar-refractivity contribution in [3.8, 4) is 5.75 Å². The summed E-state index contributed by atoms with van der Waals surface area (Å²) in [6.45, 7) is 3.42. The van der Waals surface area contributed by atoms with Gasteiger partial charge in [-0.15, -0.1) is 24.8 Å². The van der Waals surface area contributed by atoms with Gasteiger partial charge in [0.25, 0.3) is 0 Å². The molecule has 120 valence electrons. The van der Waals surface area contributed by atoms with Crippen LogP contribution in [0.15, 0.2) is 18.2 Å². The fourth-order valence-corrected chi connectivity index (χ4v) is 3.66. The molecule has 1 aromatic rings. The van der Waals surface area contributed by atoms with Crippen molar-refractivity contribution >= 4 is 24.8 Å². The van der Waals surface area contributed by atoms with E-state index in [1.165, 1.54) is 30.5 Å². The SMILES string of the molecule is COc1cccc2c1CC(C1CNCCN1C)CC2.Cl.Cl. The van der Waals surface area contributed by atoms with E-state index in [9.17, 15) is 0 Å². The lowest BCUT2D eigenvalue weighted by atomic mass is 9.78. The monoisotopic (exact) mass is 332 g/mol. The summed E-state index contributed by atoms with van der Waals surface area (Å²) in [6.07, 6.45) is 3.66. The second-order valence-corrected chi connectivity index (χ2v) is 5.85. The molecule has 21 heavy (non-hydrogen) atoms. The number of halogens is 2. The molecular weight excluding hydrogens is 307 g/mol. The number of methoxy groups -OCH3 is 1. The second-order valence-electron chi connectivity index (χ2n) is 5.85. The highest BCUT2D eigenvalue weighted by Gasteiger charge is 2.31. The van der Waals surface area contributed by atoms with Crippen molar-refractivity contribution in [2.45, 2.75) is 25.3 Å². The summed E-state index contributed by atoms with van der Waals surface area (Å²) in [4.78, 5) is 2.53. The molecule has 0 radical (unpaired) electrons. The van der Waals surface area contributed by atoms with Crippen molar-refractivity contribution < 1.29 is 4.74 Å². The molecule has 2 unspecified atom stereocenters. The van der Waals surface area contributed by atoms with Gasteiger partial charge in [0.05, 0.1) is 7.11 Å². The zero-order valence-corrected chi connectivity index (χ0v) is 14.4. The number of nitrogens with zero attached hydrogens (tertiary/aromatic N) is 1. The molecule has 1 aliphatic carbocycles. The summed E-state index contributed by atoms with van der Waals surface area (Å²) >= 11 is 0. The van der Waals surface area contributed by atoms with Crippen LogP contribution in [0.3, 0.4) is 0 Å². The van der Waals surface area contributed by atoms with E-state index in [-0.39, 0.29) is 24.8 Å². The van der Waals surface area contributed by atoms with E-state index in [0.29, 0.717) is 6.04 Å². The van der Waals surface area contributed by atoms with Gasteiger partial charge in [0.2, 0.25) is 0 Å². The van der Waals surface area contributed by atoms with E-state index in [2.05, 4.69) is 35.5 Å². The number of piperazine rings is 1. The molecule has 3 nitrogen and oxygen atoms in total. The molecule has 1 aromatic carbocycles. The molecule has 0 aromatic heterocycles. The Kier molecular flexibility index (Phi) is 7.28. The van der Waals surface area contributed by atoms with Crippen LogP contribution in [0.5, 0.6) is 5.75 Å². The van der Waals surface area contributed by atoms with Gasteiger partial charge in [-0.1, -0.05) is 12.1 Å². The molecule has 1 heterocycles. The molecule has 2 aliphatic rings. The van der Waals surface area contributed by atoms with E-state index >= 15 is 0 Å². The zero-order chi connectivity index (χ0) is 13.2. The Morgan fingerprint density at radius 1 is 1.29 bits per heavy atom. The summed E-state index contributed by atoms with van der Waals surface area (Å²) in [5.41, 5.74) is 2.93. The Morgan fingerprint density at radius 2 is 2.10 bits per heavy atom. The summed E-state index contributed by atoms with van der Waals surface area (Å²) in [5, 5.41) is 3.54. The Labute approximate surface area is 140 Å². The molecule has 1 N–H and O–H groups in total. The molecule has 1 aliphatic heterocycles. The highest BCUT2D eigenvalue weighted by Crippen LogP contribution is 2.34. The first-order chi connectivity index (χ1) is 9.29. The van der Waals surface area contributed by atoms with Crippen LogP contribution in [-0.2, 0) is 12.8 Å². The van der Waals surface area contributed by atoms with Crippen LogP contribution in [0.25, 0.3) is 0 Å². The Hall–Kier alpha value is -0.480. The van der Waals surface area contributed by atoms with E-state index in [0.717, 1.165) is 31.2 Å². The number of nitrogens with one attached hydrogen (secondary N) is 1. The van der Waals surface area contributed by atoms with Crippen LogP contribution in [-0.4, -0.2) is 44.7 Å². The molecule has 1 saturated heterocycles. The number of likely N-dealkylation sites (N-methyl/N-ethyl adjacent to an activating group) is 1. The maximum Gasteiger partial charge on any atom is 0.122 e. The molecule has 0 spiro atoms. The van der Waals surface area contributed by atoms with Gasteiger partial charge in [0.15, 0.2) is 0 Å². The minimum atomic E-state index is 0. The second kappa shape index (κ2) is 8.23. The van der Waals surface area contributed by atoms with Gasteiger partial charge in [-0.2, -0.15) is 0 Å². The van der Waals surface area contributed by atoms with E-state index in [1.807, 2.05) is 0 Å². The van der Waals surface area contributed by atoms with Crippen LogP contribution in [0, 0.1) is 5.92 Å². The fraction of sp³-hybridized carbons (Fsp3) is 0.625. The van der Waals surface area contributed by atoms with Crippen molar-refractivity contribution in [2.75, 3.05) is 33.8 Å². The van der Waals surface area contributed by atoms with Crippen molar-refractivity contribution in [1.29, 1.82) is 0 Å². The highest BCUT2D eigenvalue weighted by atomic mass is 35.5. The Bertz CT molecular complexity index is 442. The van der Waals surface area contributed by atoms with Gasteiger partial charge >= 0.3 is 0 Å². The predicted octanol–water partition coefficient (Wildman–Crippen LogP) is 2.55. The summed E-state index contributed by atoms with van der Waals surface area (Å²) in [6, 6.07) is 7.15. The normalized spacial score (nSPS) is 25.2. The molecule has 0 bridgehead atoms. The standard InChI is InChI=1S/C16H24N2O.2ClH/c1-18-9-8-17-11-15(18)13-7-6-12-4-3-5-16(19-2)14(12)10-13;;/h3-5,13,15,17H,6-11H2,1-2H3;2*1H. The minimum absolute atomic E-state index is 0. The minimum Gasteiger partial charge on any atom is -0.496 e. The number of benzene rings is 1. The van der Waals surface area contributed by atoms with Crippen molar-refractivity contribution in [3.63, 3.8) is 0 Å². The quantitative estimate of drug-likeness (QED) is 0.900. The van der Waals surface area contributed by atoms with Gasteiger partial charge in [0.1, 0.15) is 5.75 Å². The fourth-order valence-electron chi connectivity index (χ4n) is 3.66. The van der Waals surface area contributed by atoms with E-state index < -0.39 is 0 Å². The van der Waals surface area contributed by atoms with Crippen LogP contribution in [0.2, 0.25) is 0 Å². The van der Waals surface area contributed by atoms with Gasteiger partial charge in [-0.05, 0) is 49.4 Å². The molecular formula is C16H26Cl2N2O. The predicted molar refractivity (Wildman–Crippen MR) is 92.3 cm³/mol. The number of aryl methyl sites for hydroxylation is 1. The maximum atomic E-state index is 5.55. The Balaban J connectivity index is 0.00000110. The first kappa shape index (κ1) is 18.6. The molecule has 0 saturated carbocycles. The largest absolute Gasteiger partial charge is 0.496 e. The van der Waals surface area contributed by atoms with E-state index in [1.54, 1.807) is 7.11 Å². The third-order valence-corrected chi connectivity index (χ3v) is 4.81. The van der Waals surface area contributed by atoms with Gasteiger partial charge in [0, 0.05) is 25.7 Å². The van der Waals surface area contributed by atoms with Crippen LogP contribution in [0.1, 0.15) is 17.5 Å². The van der Waals surface area contributed by atoms with Crippen molar-refractivity contribution in [1.82, 2.24) is 10.2 Å². The van der Waals surface area contributed by atoms with Crippen molar-refractivity contribution in [3.05, 3.63) is 29.3 Å². The van der Waals surface area contributed by atoms with E-state index in [4.69, 9.17) is 4.74 Å². The molecule has 1 fully saturated rings. The third-order valence-electron chi connectivity index (χ3n) is 4.81. The lowest BCUT2D eigenvalue weighted by Gasteiger charge is -2.40. The highest BCUT2D eigenvalue weighted by molar-refractivity contribution is 5.85. The van der Waals surface area contributed by atoms with Gasteiger partial charge in [-0.25, -0.2) is 0 Å². The average Bonchev–Trinajstić information content (AvgIpc) is 2.46. The maximum absolute atomic E-state index is 5.55. The molecule has 5 heteroatoms. The lowest BCUT2D eigenvalue weighted by molar-refractivity contribution is 0.132. The number of hydrogen-bond acceptors (Lipinski definition) is 3. The summed E-state index contributed by atoms with van der Waals surface area (Å²) in [7, 11) is 4.05. The topological polar surface area (TPSA) is 24.5 Å². The van der Waals surface area contributed by atoms with Crippen LogP contribution >= 0.6 is 24.8 Å². The molecule has 2 atom stereocenters. The molecule has 0 amide bonds. The zero-order valence-electron chi connectivity index (χ0n) is 12.8. The van der Waals surface area contributed by atoms with Crippen molar-refractivity contribution in [2.24, 2.45) is 5.92 Å². The number of rotatable bonds is 2. The van der Waals surface area contributed by atoms with Gasteiger partial charge < -0.3 is 15.0 Å². The summed E-state index contributed by atoms with van der Waals surface area (Å²) < 4.78 is 5.55. The van der Waals surface area contributed by atoms with Crippen LogP contribution in [0.4, 0.5) is 0 Å². The van der Waals surface area contributed by atoms with Gasteiger partial charge in [-0.3, -0.25) is 0 Å². The first-order valence-corrected chi connectivity index (χ1v) is 7.35. The van der Waals surface area contributed by atoms with Crippen LogP contribution < -0.4 is 10.1 Å².